The van der Waals surface area contributed by atoms with Crippen LogP contribution in [0.15, 0.2) is 42.7 Å². The van der Waals surface area contributed by atoms with Crippen LogP contribution in [0, 0.1) is 6.92 Å². The minimum absolute atomic E-state index is 0.0423. The van der Waals surface area contributed by atoms with E-state index in [0.29, 0.717) is 24.0 Å². The standard InChI is InChI=1S/C18H21N9O/c1-13-23-24-25-27(13)16-7-5-14(6-8-16)21-18(28)22-15-4-2-11-26(12-15)17-19-9-3-10-20-17/h3,5-10,15H,2,4,11-12H2,1H3,(H2,21,22,28)/t15-/m0/s1. The van der Waals surface area contributed by atoms with Crippen LogP contribution >= 0.6 is 0 Å². The number of hydrogen-bond acceptors (Lipinski definition) is 7. The fourth-order valence-corrected chi connectivity index (χ4v) is 3.24. The highest BCUT2D eigenvalue weighted by atomic mass is 16.2. The van der Waals surface area contributed by atoms with Crippen LogP contribution in [0.4, 0.5) is 16.4 Å². The first-order valence-electron chi connectivity index (χ1n) is 9.14. The second-order valence-corrected chi connectivity index (χ2v) is 6.62. The summed E-state index contributed by atoms with van der Waals surface area (Å²) in [6, 6.07) is 8.96. The maximum absolute atomic E-state index is 12.4. The monoisotopic (exact) mass is 379 g/mol. The van der Waals surface area contributed by atoms with Crippen LogP contribution in [0.2, 0.25) is 0 Å². The van der Waals surface area contributed by atoms with Crippen molar-refractivity contribution in [2.45, 2.75) is 25.8 Å². The Morgan fingerprint density at radius 3 is 2.68 bits per heavy atom. The number of amides is 2. The first kappa shape index (κ1) is 17.8. The number of aromatic nitrogens is 6. The van der Waals surface area contributed by atoms with Crippen LogP contribution in [-0.4, -0.2) is 55.3 Å². The fourth-order valence-electron chi connectivity index (χ4n) is 3.24. The number of tetrazole rings is 1. The van der Waals surface area contributed by atoms with Crippen LogP contribution in [0.3, 0.4) is 0 Å². The molecule has 1 aliphatic rings. The normalized spacial score (nSPS) is 16.6. The van der Waals surface area contributed by atoms with Crippen LogP contribution in [0.5, 0.6) is 0 Å². The maximum atomic E-state index is 12.4. The van der Waals surface area contributed by atoms with E-state index >= 15 is 0 Å². The molecule has 0 aliphatic carbocycles. The minimum Gasteiger partial charge on any atom is -0.339 e. The zero-order valence-electron chi connectivity index (χ0n) is 15.5. The lowest BCUT2D eigenvalue weighted by Crippen LogP contribution is -2.49. The first-order chi connectivity index (χ1) is 13.7. The summed E-state index contributed by atoms with van der Waals surface area (Å²) in [5.74, 6) is 1.39. The number of piperidine rings is 1. The molecule has 0 bridgehead atoms. The molecule has 0 saturated carbocycles. The number of aryl methyl sites for hydroxylation is 1. The molecule has 3 heterocycles. The summed E-state index contributed by atoms with van der Waals surface area (Å²) >= 11 is 0. The van der Waals surface area contributed by atoms with E-state index in [1.165, 1.54) is 0 Å². The molecule has 4 rings (SSSR count). The second kappa shape index (κ2) is 7.99. The van der Waals surface area contributed by atoms with Crippen molar-refractivity contribution in [3.8, 4) is 5.69 Å². The van der Waals surface area contributed by atoms with Gasteiger partial charge in [0.15, 0.2) is 5.82 Å². The van der Waals surface area contributed by atoms with Gasteiger partial charge in [-0.15, -0.1) is 5.10 Å². The Labute approximate surface area is 162 Å². The molecule has 0 radical (unpaired) electrons. The average molecular weight is 379 g/mol. The Bertz CT molecular complexity index is 926. The highest BCUT2D eigenvalue weighted by molar-refractivity contribution is 5.89. The second-order valence-electron chi connectivity index (χ2n) is 6.62. The van der Waals surface area contributed by atoms with E-state index in [-0.39, 0.29) is 12.1 Å². The molecule has 1 saturated heterocycles. The van der Waals surface area contributed by atoms with Crippen LogP contribution < -0.4 is 15.5 Å². The summed E-state index contributed by atoms with van der Waals surface area (Å²) in [5, 5.41) is 17.3. The molecule has 1 fully saturated rings. The molecule has 1 aromatic carbocycles. The van der Waals surface area contributed by atoms with E-state index in [4.69, 9.17) is 0 Å². The van der Waals surface area contributed by atoms with Crippen molar-refractivity contribution in [3.05, 3.63) is 48.5 Å². The van der Waals surface area contributed by atoms with Crippen molar-refractivity contribution >= 4 is 17.7 Å². The molecular formula is C18H21N9O. The van der Waals surface area contributed by atoms with Crippen molar-refractivity contribution in [2.75, 3.05) is 23.3 Å². The van der Waals surface area contributed by atoms with Gasteiger partial charge in [-0.1, -0.05) is 0 Å². The van der Waals surface area contributed by atoms with Gasteiger partial charge in [0.25, 0.3) is 0 Å². The third-order valence-electron chi connectivity index (χ3n) is 4.59. The molecule has 2 N–H and O–H groups in total. The van der Waals surface area contributed by atoms with E-state index < -0.39 is 0 Å². The Morgan fingerprint density at radius 1 is 1.18 bits per heavy atom. The van der Waals surface area contributed by atoms with Gasteiger partial charge in [0.1, 0.15) is 0 Å². The van der Waals surface area contributed by atoms with Gasteiger partial charge in [-0.25, -0.2) is 14.8 Å². The highest BCUT2D eigenvalue weighted by Gasteiger charge is 2.23. The zero-order valence-corrected chi connectivity index (χ0v) is 15.5. The Balaban J connectivity index is 1.33. The van der Waals surface area contributed by atoms with Gasteiger partial charge >= 0.3 is 6.03 Å². The third kappa shape index (κ3) is 4.05. The van der Waals surface area contributed by atoms with E-state index in [9.17, 15) is 4.79 Å². The summed E-state index contributed by atoms with van der Waals surface area (Å²) < 4.78 is 1.63. The lowest BCUT2D eigenvalue weighted by Gasteiger charge is -2.33. The number of nitrogens with zero attached hydrogens (tertiary/aromatic N) is 7. The molecule has 1 aliphatic heterocycles. The first-order valence-corrected chi connectivity index (χ1v) is 9.14. The fraction of sp³-hybridized carbons (Fsp3) is 0.333. The molecule has 2 aromatic heterocycles. The van der Waals surface area contributed by atoms with Gasteiger partial charge in [0.2, 0.25) is 5.95 Å². The summed E-state index contributed by atoms with van der Waals surface area (Å²) in [7, 11) is 0. The van der Waals surface area contributed by atoms with Gasteiger partial charge in [0.05, 0.1) is 5.69 Å². The van der Waals surface area contributed by atoms with Crippen LogP contribution in [0.25, 0.3) is 5.69 Å². The molecule has 3 aromatic rings. The Hall–Kier alpha value is -3.56. The minimum atomic E-state index is -0.229. The number of nitrogens with one attached hydrogen (secondary N) is 2. The summed E-state index contributed by atoms with van der Waals surface area (Å²) in [4.78, 5) is 23.1. The van der Waals surface area contributed by atoms with Crippen molar-refractivity contribution in [2.24, 2.45) is 0 Å². The number of carbonyl (C=O) groups is 1. The van der Waals surface area contributed by atoms with Crippen molar-refractivity contribution in [1.29, 1.82) is 0 Å². The maximum Gasteiger partial charge on any atom is 0.319 e. The Kier molecular flexibility index (Phi) is 5.09. The number of rotatable bonds is 4. The highest BCUT2D eigenvalue weighted by Crippen LogP contribution is 2.16. The van der Waals surface area contributed by atoms with Gasteiger partial charge in [0, 0.05) is 37.2 Å². The van der Waals surface area contributed by atoms with Gasteiger partial charge < -0.3 is 15.5 Å². The summed E-state index contributed by atoms with van der Waals surface area (Å²) in [5.41, 5.74) is 1.53. The van der Waals surface area contributed by atoms with E-state index in [0.717, 1.165) is 25.1 Å². The molecule has 144 valence electrons. The molecule has 28 heavy (non-hydrogen) atoms. The van der Waals surface area contributed by atoms with Crippen LogP contribution in [0.1, 0.15) is 18.7 Å². The van der Waals surface area contributed by atoms with E-state index in [1.54, 1.807) is 23.1 Å². The van der Waals surface area contributed by atoms with Crippen molar-refractivity contribution in [1.82, 2.24) is 35.5 Å². The summed E-state index contributed by atoms with van der Waals surface area (Å²) in [6.45, 7) is 3.41. The molecular weight excluding hydrogens is 358 g/mol. The predicted octanol–water partition coefficient (Wildman–Crippen LogP) is 1.55. The lowest BCUT2D eigenvalue weighted by atomic mass is 10.1. The topological polar surface area (TPSA) is 114 Å². The van der Waals surface area contributed by atoms with Gasteiger partial charge in [-0.3, -0.25) is 0 Å². The molecule has 1 atom stereocenters. The lowest BCUT2D eigenvalue weighted by molar-refractivity contribution is 0.246. The molecule has 0 unspecified atom stereocenters. The average Bonchev–Trinajstić information content (AvgIpc) is 3.15. The number of urea groups is 1. The van der Waals surface area contributed by atoms with E-state index in [1.807, 2.05) is 31.2 Å². The smallest absolute Gasteiger partial charge is 0.319 e. The SMILES string of the molecule is Cc1nnnn1-c1ccc(NC(=O)N[C@H]2CCCN(c3ncccn3)C2)cc1. The Morgan fingerprint density at radius 2 is 1.96 bits per heavy atom. The van der Waals surface area contributed by atoms with E-state index in [2.05, 4.69) is 41.0 Å². The van der Waals surface area contributed by atoms with Gasteiger partial charge in [-0.2, -0.15) is 4.68 Å². The molecule has 10 nitrogen and oxygen atoms in total. The van der Waals surface area contributed by atoms with Crippen molar-refractivity contribution in [3.63, 3.8) is 0 Å². The van der Waals surface area contributed by atoms with Gasteiger partial charge in [-0.05, 0) is 60.5 Å². The quantitative estimate of drug-likeness (QED) is 0.707. The number of carbonyl (C=O) groups excluding carboxylic acids is 1. The third-order valence-corrected chi connectivity index (χ3v) is 4.59. The number of anilines is 2. The molecule has 0 spiro atoms. The molecule has 10 heteroatoms. The van der Waals surface area contributed by atoms with Crippen molar-refractivity contribution < 1.29 is 4.79 Å². The predicted molar refractivity (Wildman–Crippen MR) is 103 cm³/mol. The zero-order chi connectivity index (χ0) is 19.3. The number of benzene rings is 1. The summed E-state index contributed by atoms with van der Waals surface area (Å²) in [6.07, 6.45) is 5.36. The number of hydrogen-bond donors (Lipinski definition) is 2. The van der Waals surface area contributed by atoms with Crippen LogP contribution in [-0.2, 0) is 0 Å². The molecule has 2 amide bonds. The largest absolute Gasteiger partial charge is 0.339 e.